The predicted molar refractivity (Wildman–Crippen MR) is 144 cm³/mol. The quantitative estimate of drug-likeness (QED) is 0.0936. The van der Waals surface area contributed by atoms with Gasteiger partial charge in [0.05, 0.1) is 33.9 Å². The van der Waals surface area contributed by atoms with Crippen LogP contribution in [0.4, 0.5) is 18.9 Å². The first-order valence-corrected chi connectivity index (χ1v) is 13.2. The Kier molecular flexibility index (Phi) is 7.36. The molecule has 3 aromatic heterocycles. The number of carbonyl (C=O) groups is 1. The second-order valence-electron chi connectivity index (χ2n) is 9.23. The fourth-order valence-corrected chi connectivity index (χ4v) is 5.01. The lowest BCUT2D eigenvalue weighted by Crippen LogP contribution is -2.46. The van der Waals surface area contributed by atoms with Crippen LogP contribution in [0, 0.1) is 17.0 Å². The van der Waals surface area contributed by atoms with Crippen LogP contribution in [-0.2, 0) is 16.9 Å². The number of aryl methyl sites for hydroxylation is 1. The van der Waals surface area contributed by atoms with Crippen LogP contribution in [0.1, 0.15) is 40.0 Å². The van der Waals surface area contributed by atoms with Crippen molar-refractivity contribution < 1.29 is 32.0 Å². The van der Waals surface area contributed by atoms with Crippen LogP contribution >= 0.6 is 11.3 Å². The lowest BCUT2D eigenvalue weighted by atomic mass is 9.95. The molecule has 11 nitrogen and oxygen atoms in total. The number of non-ortho nitro benzene ring substituents is 1. The Bertz CT molecular complexity index is 1860. The lowest BCUT2D eigenvalue weighted by molar-refractivity contribution is -0.384. The summed E-state index contributed by atoms with van der Waals surface area (Å²) in [6.07, 6.45) is -4.77. The lowest BCUT2D eigenvalue weighted by Gasteiger charge is -2.32. The number of nitro benzene ring substituents is 1. The van der Waals surface area contributed by atoms with Gasteiger partial charge in [0, 0.05) is 34.5 Å². The summed E-state index contributed by atoms with van der Waals surface area (Å²) >= 11 is 1.43. The molecule has 15 heteroatoms. The largest absolute Gasteiger partial charge is 0.439 e. The molecule has 5 aromatic rings. The molecule has 0 bridgehead atoms. The molecule has 0 aliphatic heterocycles. The number of fused-ring (bicyclic) bond motifs is 1. The third kappa shape index (κ3) is 5.37. The van der Waals surface area contributed by atoms with Crippen molar-refractivity contribution in [2.24, 2.45) is 0 Å². The molecule has 2 aromatic carbocycles. The molecule has 0 fully saturated rings. The van der Waals surface area contributed by atoms with E-state index < -0.39 is 40.4 Å². The van der Waals surface area contributed by atoms with Crippen LogP contribution in [0.25, 0.3) is 22.2 Å². The van der Waals surface area contributed by atoms with Gasteiger partial charge in [-0.25, -0.2) is 19.3 Å². The SMILES string of the molecule is CC[C@](OC(=O)c1ccc([N+](=O)[O-])cc1)(c1cn(Cc2ccc3c(-c4csc(C)n4)cc(=O)oc3c2)nn1)C(F)(F)F. The van der Waals surface area contributed by atoms with Crippen molar-refractivity contribution in [1.29, 1.82) is 0 Å². The molecule has 5 rings (SSSR count). The zero-order chi connectivity index (χ0) is 30.2. The fourth-order valence-electron chi connectivity index (χ4n) is 4.40. The van der Waals surface area contributed by atoms with Gasteiger partial charge < -0.3 is 9.15 Å². The first-order valence-electron chi connectivity index (χ1n) is 12.3. The van der Waals surface area contributed by atoms with E-state index in [1.54, 1.807) is 18.2 Å². The highest BCUT2D eigenvalue weighted by molar-refractivity contribution is 7.09. The van der Waals surface area contributed by atoms with E-state index in [2.05, 4.69) is 15.3 Å². The molecule has 0 amide bonds. The van der Waals surface area contributed by atoms with Crippen molar-refractivity contribution in [2.45, 2.75) is 38.6 Å². The summed E-state index contributed by atoms with van der Waals surface area (Å²) in [4.78, 5) is 39.5. The minimum atomic E-state index is -5.07. The van der Waals surface area contributed by atoms with E-state index >= 15 is 0 Å². The van der Waals surface area contributed by atoms with E-state index in [4.69, 9.17) is 9.15 Å². The monoisotopic (exact) mass is 599 g/mol. The first-order chi connectivity index (χ1) is 19.9. The highest BCUT2D eigenvalue weighted by atomic mass is 32.1. The highest BCUT2D eigenvalue weighted by Gasteiger charge is 2.60. The fraction of sp³-hybridized carbons (Fsp3) is 0.222. The number of nitrogens with zero attached hydrogens (tertiary/aromatic N) is 5. The highest BCUT2D eigenvalue weighted by Crippen LogP contribution is 2.44. The maximum absolute atomic E-state index is 14.4. The van der Waals surface area contributed by atoms with E-state index in [9.17, 15) is 32.9 Å². The van der Waals surface area contributed by atoms with Gasteiger partial charge in [0.25, 0.3) is 11.3 Å². The number of hydrogen-bond acceptors (Lipinski definition) is 10. The van der Waals surface area contributed by atoms with Crippen LogP contribution in [0.2, 0.25) is 0 Å². The van der Waals surface area contributed by atoms with Crippen molar-refractivity contribution in [3.8, 4) is 11.3 Å². The average molecular weight is 600 g/mol. The van der Waals surface area contributed by atoms with Gasteiger partial charge in [0.1, 0.15) is 11.3 Å². The number of nitro groups is 1. The minimum absolute atomic E-state index is 0.0410. The third-order valence-corrected chi connectivity index (χ3v) is 7.31. The molecule has 0 aliphatic rings. The molecule has 3 heterocycles. The van der Waals surface area contributed by atoms with Crippen molar-refractivity contribution in [3.63, 3.8) is 0 Å². The molecule has 0 N–H and O–H groups in total. The average Bonchev–Trinajstić information content (AvgIpc) is 3.59. The molecule has 0 spiro atoms. The van der Waals surface area contributed by atoms with Gasteiger partial charge in [0.2, 0.25) is 0 Å². The number of ether oxygens (including phenoxy) is 1. The van der Waals surface area contributed by atoms with Crippen LogP contribution in [0.3, 0.4) is 0 Å². The molecular formula is C27H20F3N5O6S. The Morgan fingerprint density at radius 1 is 1.17 bits per heavy atom. The number of carbonyl (C=O) groups excluding carboxylic acids is 1. The van der Waals surface area contributed by atoms with Gasteiger partial charge in [-0.05, 0) is 37.1 Å². The van der Waals surface area contributed by atoms with Crippen molar-refractivity contribution in [3.05, 3.63) is 102 Å². The Morgan fingerprint density at radius 2 is 1.90 bits per heavy atom. The topological polar surface area (TPSA) is 143 Å². The molecule has 216 valence electrons. The Hall–Kier alpha value is -4.92. The summed E-state index contributed by atoms with van der Waals surface area (Å²) < 4.78 is 54.9. The van der Waals surface area contributed by atoms with Crippen molar-refractivity contribution in [2.75, 3.05) is 0 Å². The zero-order valence-electron chi connectivity index (χ0n) is 21.9. The summed E-state index contributed by atoms with van der Waals surface area (Å²) in [6.45, 7) is 2.98. The maximum atomic E-state index is 14.4. The molecular weight excluding hydrogens is 579 g/mol. The Labute approximate surface area is 238 Å². The molecule has 0 unspecified atom stereocenters. The zero-order valence-corrected chi connectivity index (χ0v) is 22.7. The Balaban J connectivity index is 1.44. The van der Waals surface area contributed by atoms with Crippen LogP contribution < -0.4 is 5.63 Å². The Morgan fingerprint density at radius 3 is 2.52 bits per heavy atom. The molecule has 42 heavy (non-hydrogen) atoms. The van der Waals surface area contributed by atoms with Gasteiger partial charge in [-0.1, -0.05) is 24.3 Å². The summed E-state index contributed by atoms with van der Waals surface area (Å²) in [7, 11) is 0. The minimum Gasteiger partial charge on any atom is -0.439 e. The van der Waals surface area contributed by atoms with Crippen molar-refractivity contribution in [1.82, 2.24) is 20.0 Å². The van der Waals surface area contributed by atoms with Gasteiger partial charge in [-0.2, -0.15) is 13.2 Å². The second-order valence-corrected chi connectivity index (χ2v) is 10.3. The predicted octanol–water partition coefficient (Wildman–Crippen LogP) is 5.80. The molecule has 1 atom stereocenters. The number of benzene rings is 2. The number of thiazole rings is 1. The number of rotatable bonds is 8. The van der Waals surface area contributed by atoms with Gasteiger partial charge in [-0.15, -0.1) is 16.4 Å². The molecule has 0 aliphatic carbocycles. The third-order valence-electron chi connectivity index (χ3n) is 6.54. The van der Waals surface area contributed by atoms with E-state index in [-0.39, 0.29) is 23.4 Å². The first kappa shape index (κ1) is 28.6. The normalized spacial score (nSPS) is 13.2. The standard InChI is InChI=1S/C27H20F3N5O6S/c1-3-26(27(28,29)30,41-25(37)17-5-7-18(8-6-17)35(38)39)23-13-34(33-32-23)12-16-4-9-19-20(21-14-42-15(2)31-21)11-24(36)40-22(19)10-16/h4-11,13-14H,3,12H2,1-2H3/t26-/m0/s1. The van der Waals surface area contributed by atoms with Gasteiger partial charge in [-0.3, -0.25) is 10.1 Å². The summed E-state index contributed by atoms with van der Waals surface area (Å²) in [5, 5.41) is 21.6. The number of esters is 1. The molecule has 0 saturated carbocycles. The second kappa shape index (κ2) is 10.8. The number of alkyl halides is 3. The number of aromatic nitrogens is 4. The van der Waals surface area contributed by atoms with E-state index in [0.717, 1.165) is 40.2 Å². The number of hydrogen-bond donors (Lipinski definition) is 0. The number of halogens is 3. The van der Waals surface area contributed by atoms with E-state index in [0.29, 0.717) is 22.2 Å². The summed E-state index contributed by atoms with van der Waals surface area (Å²) in [6, 6.07) is 10.3. The van der Waals surface area contributed by atoms with Crippen LogP contribution in [-0.4, -0.2) is 37.0 Å². The molecule has 0 radical (unpaired) electrons. The van der Waals surface area contributed by atoms with Crippen LogP contribution in [0.5, 0.6) is 0 Å². The van der Waals surface area contributed by atoms with E-state index in [1.165, 1.54) is 24.3 Å². The summed E-state index contributed by atoms with van der Waals surface area (Å²) in [5.74, 6) is -1.34. The van der Waals surface area contributed by atoms with Crippen molar-refractivity contribution >= 4 is 34.0 Å². The maximum Gasteiger partial charge on any atom is 0.434 e. The molecule has 0 saturated heterocycles. The van der Waals surface area contributed by atoms with Crippen LogP contribution in [0.15, 0.2) is 69.3 Å². The van der Waals surface area contributed by atoms with Gasteiger partial charge >= 0.3 is 17.8 Å². The van der Waals surface area contributed by atoms with Gasteiger partial charge in [0.15, 0.2) is 0 Å². The van der Waals surface area contributed by atoms with E-state index in [1.807, 2.05) is 12.3 Å². The summed E-state index contributed by atoms with van der Waals surface area (Å²) in [5.41, 5.74) is -3.00. The smallest absolute Gasteiger partial charge is 0.434 e.